The minimum absolute atomic E-state index is 0.0436. The van der Waals surface area contributed by atoms with Crippen LogP contribution in [0.3, 0.4) is 0 Å². The molecule has 0 spiro atoms. The number of hydrogen-bond donors (Lipinski definition) is 3. The minimum Gasteiger partial charge on any atom is -0.335 e. The number of nitrogens with two attached hydrogens (primary N) is 1. The van der Waals surface area contributed by atoms with Crippen molar-refractivity contribution in [3.8, 4) is 0 Å². The number of amides is 3. The van der Waals surface area contributed by atoms with Gasteiger partial charge in [-0.25, -0.2) is 4.79 Å². The molecule has 0 aliphatic heterocycles. The highest BCUT2D eigenvalue weighted by Crippen LogP contribution is 2.19. The molecule has 116 valence electrons. The van der Waals surface area contributed by atoms with Crippen LogP contribution < -0.4 is 16.0 Å². The van der Waals surface area contributed by atoms with E-state index in [1.54, 1.807) is 0 Å². The zero-order valence-corrected chi connectivity index (χ0v) is 13.4. The van der Waals surface area contributed by atoms with Crippen LogP contribution in [-0.2, 0) is 4.79 Å². The highest BCUT2D eigenvalue weighted by molar-refractivity contribution is 6.31. The first kappa shape index (κ1) is 17.5. The summed E-state index contributed by atoms with van der Waals surface area (Å²) in [5.74, 6) is -0.324. The lowest BCUT2D eigenvalue weighted by molar-refractivity contribution is -0.682. The molecular formula is C15H23ClN3O2+. The van der Waals surface area contributed by atoms with Gasteiger partial charge in [0.15, 0.2) is 6.54 Å². The summed E-state index contributed by atoms with van der Waals surface area (Å²) in [6.07, 6.45) is 0.817. The third kappa shape index (κ3) is 6.14. The van der Waals surface area contributed by atoms with E-state index in [-0.39, 0.29) is 24.5 Å². The molecule has 0 radical (unpaired) electrons. The van der Waals surface area contributed by atoms with E-state index in [9.17, 15) is 9.59 Å². The van der Waals surface area contributed by atoms with E-state index < -0.39 is 6.03 Å². The van der Waals surface area contributed by atoms with Crippen LogP contribution in [0.4, 0.5) is 4.79 Å². The van der Waals surface area contributed by atoms with Crippen molar-refractivity contribution in [3.63, 3.8) is 0 Å². The Bertz CT molecular complexity index is 494. The van der Waals surface area contributed by atoms with Gasteiger partial charge >= 0.3 is 6.03 Å². The quantitative estimate of drug-likeness (QED) is 0.746. The van der Waals surface area contributed by atoms with Gasteiger partial charge in [0.25, 0.3) is 5.91 Å². The third-order valence-electron chi connectivity index (χ3n) is 3.30. The smallest absolute Gasteiger partial charge is 0.321 e. The molecule has 5 nitrogen and oxygen atoms in total. The molecule has 0 unspecified atom stereocenters. The molecule has 0 heterocycles. The number of rotatable bonds is 6. The van der Waals surface area contributed by atoms with E-state index in [1.807, 2.05) is 50.4 Å². The normalized spacial score (nSPS) is 13.3. The molecule has 0 saturated heterocycles. The second kappa shape index (κ2) is 8.64. The predicted octanol–water partition coefficient (Wildman–Crippen LogP) is 1.59. The minimum atomic E-state index is -0.451. The van der Waals surface area contributed by atoms with Gasteiger partial charge in [-0.3, -0.25) is 10.1 Å². The molecule has 0 bridgehead atoms. The monoisotopic (exact) mass is 312 g/mol. The molecule has 2 atom stereocenters. The molecule has 1 rings (SSSR count). The Morgan fingerprint density at radius 3 is 2.57 bits per heavy atom. The van der Waals surface area contributed by atoms with Crippen LogP contribution in [0.2, 0.25) is 5.02 Å². The molecule has 0 fully saturated rings. The zero-order valence-electron chi connectivity index (χ0n) is 12.7. The number of nitrogens with one attached hydrogen (secondary N) is 2. The van der Waals surface area contributed by atoms with Crippen LogP contribution in [0.15, 0.2) is 24.3 Å². The largest absolute Gasteiger partial charge is 0.335 e. The Kier molecular flexibility index (Phi) is 7.19. The van der Waals surface area contributed by atoms with Crippen LogP contribution in [0.25, 0.3) is 0 Å². The van der Waals surface area contributed by atoms with Crippen LogP contribution in [0, 0.1) is 0 Å². The summed E-state index contributed by atoms with van der Waals surface area (Å²) in [7, 11) is 0. The molecular weight excluding hydrogens is 290 g/mol. The number of carbonyl (C=O) groups is 2. The Balaban J connectivity index is 2.39. The fourth-order valence-electron chi connectivity index (χ4n) is 1.79. The molecule has 0 aliphatic carbocycles. The molecule has 21 heavy (non-hydrogen) atoms. The van der Waals surface area contributed by atoms with E-state index >= 15 is 0 Å². The molecule has 4 N–H and O–H groups in total. The van der Waals surface area contributed by atoms with Crippen LogP contribution in [0.1, 0.15) is 38.8 Å². The van der Waals surface area contributed by atoms with Crippen molar-refractivity contribution in [2.45, 2.75) is 39.3 Å². The topological polar surface area (TPSA) is 74.8 Å². The van der Waals surface area contributed by atoms with Crippen LogP contribution >= 0.6 is 11.6 Å². The number of quaternary nitrogens is 1. The first-order chi connectivity index (χ1) is 9.93. The summed E-state index contributed by atoms with van der Waals surface area (Å²) >= 11 is 6.11. The molecule has 0 saturated carbocycles. The van der Waals surface area contributed by atoms with Crippen molar-refractivity contribution in [2.75, 3.05) is 6.54 Å². The third-order valence-corrected chi connectivity index (χ3v) is 3.64. The highest BCUT2D eigenvalue weighted by atomic mass is 35.5. The molecule has 6 heteroatoms. The summed E-state index contributed by atoms with van der Waals surface area (Å²) in [6, 6.07) is 7.16. The van der Waals surface area contributed by atoms with E-state index in [1.165, 1.54) is 0 Å². The number of hydrogen-bond acceptors (Lipinski definition) is 2. The second-order valence-corrected chi connectivity index (χ2v) is 5.49. The Morgan fingerprint density at radius 2 is 1.95 bits per heavy atom. The Labute approximate surface area is 130 Å². The number of imide groups is 1. The first-order valence-corrected chi connectivity index (χ1v) is 7.50. The van der Waals surface area contributed by atoms with Crippen molar-refractivity contribution in [2.24, 2.45) is 0 Å². The zero-order chi connectivity index (χ0) is 15.8. The van der Waals surface area contributed by atoms with Gasteiger partial charge < -0.3 is 10.6 Å². The summed E-state index contributed by atoms with van der Waals surface area (Å²) < 4.78 is 0. The summed E-state index contributed by atoms with van der Waals surface area (Å²) in [5, 5.41) is 7.51. The van der Waals surface area contributed by atoms with Crippen molar-refractivity contribution >= 4 is 23.5 Å². The van der Waals surface area contributed by atoms with Crippen molar-refractivity contribution < 1.29 is 14.9 Å². The Hall–Kier alpha value is -1.59. The lowest BCUT2D eigenvalue weighted by Gasteiger charge is -2.13. The van der Waals surface area contributed by atoms with E-state index in [2.05, 4.69) is 10.6 Å². The van der Waals surface area contributed by atoms with Gasteiger partial charge in [0.05, 0.1) is 0 Å². The molecule has 0 aliphatic rings. The average molecular weight is 313 g/mol. The predicted molar refractivity (Wildman–Crippen MR) is 83.1 cm³/mol. The van der Waals surface area contributed by atoms with Gasteiger partial charge in [-0.1, -0.05) is 36.7 Å². The first-order valence-electron chi connectivity index (χ1n) is 7.12. The maximum absolute atomic E-state index is 11.7. The van der Waals surface area contributed by atoms with Crippen LogP contribution in [0.5, 0.6) is 0 Å². The second-order valence-electron chi connectivity index (χ2n) is 5.08. The van der Waals surface area contributed by atoms with Crippen molar-refractivity contribution in [3.05, 3.63) is 34.9 Å². The lowest BCUT2D eigenvalue weighted by Crippen LogP contribution is -2.87. The van der Waals surface area contributed by atoms with Crippen LogP contribution in [-0.4, -0.2) is 24.5 Å². The molecule has 3 amide bonds. The van der Waals surface area contributed by atoms with Gasteiger partial charge in [0, 0.05) is 16.6 Å². The maximum atomic E-state index is 11.7. The molecule has 0 aromatic heterocycles. The molecule has 1 aromatic carbocycles. The highest BCUT2D eigenvalue weighted by Gasteiger charge is 2.15. The standard InChI is InChI=1S/C15H22ClN3O2/c1-4-10(2)18-15(21)19-14(20)9-17-11(3)12-7-5-6-8-13(12)16/h5-8,10-11,17H,4,9H2,1-3H3,(H2,18,19,20,21)/p+1/t10-,11-/m1/s1. The number of halogens is 1. The number of carbonyl (C=O) groups excluding carboxylic acids is 2. The van der Waals surface area contributed by atoms with E-state index in [0.29, 0.717) is 5.02 Å². The summed E-state index contributed by atoms with van der Waals surface area (Å²) in [4.78, 5) is 23.2. The van der Waals surface area contributed by atoms with Gasteiger partial charge in [0.1, 0.15) is 6.04 Å². The number of benzene rings is 1. The Morgan fingerprint density at radius 1 is 1.29 bits per heavy atom. The lowest BCUT2D eigenvalue weighted by atomic mass is 10.1. The van der Waals surface area contributed by atoms with Gasteiger partial charge in [-0.15, -0.1) is 0 Å². The van der Waals surface area contributed by atoms with Crippen molar-refractivity contribution in [1.29, 1.82) is 0 Å². The number of urea groups is 1. The van der Waals surface area contributed by atoms with E-state index in [4.69, 9.17) is 11.6 Å². The fraction of sp³-hybridized carbons (Fsp3) is 0.467. The van der Waals surface area contributed by atoms with Crippen molar-refractivity contribution in [1.82, 2.24) is 10.6 Å². The van der Waals surface area contributed by atoms with Gasteiger partial charge in [-0.2, -0.15) is 0 Å². The summed E-state index contributed by atoms with van der Waals surface area (Å²) in [6.45, 7) is 5.98. The SMILES string of the molecule is CC[C@@H](C)NC(=O)NC(=O)C[NH2+][C@H](C)c1ccccc1Cl. The van der Waals surface area contributed by atoms with Gasteiger partial charge in [-0.05, 0) is 26.3 Å². The van der Waals surface area contributed by atoms with Gasteiger partial charge in [0.2, 0.25) is 0 Å². The average Bonchev–Trinajstić information content (AvgIpc) is 2.44. The summed E-state index contributed by atoms with van der Waals surface area (Å²) in [5.41, 5.74) is 0.969. The van der Waals surface area contributed by atoms with E-state index in [0.717, 1.165) is 12.0 Å². The fourth-order valence-corrected chi connectivity index (χ4v) is 2.10. The molecule has 1 aromatic rings. The maximum Gasteiger partial charge on any atom is 0.321 e.